The Balaban J connectivity index is 1.51. The molecule has 1 aliphatic carbocycles. The van der Waals surface area contributed by atoms with E-state index in [0.29, 0.717) is 6.04 Å². The van der Waals surface area contributed by atoms with Crippen LogP contribution in [-0.4, -0.2) is 27.5 Å². The Morgan fingerprint density at radius 3 is 2.86 bits per heavy atom. The lowest BCUT2D eigenvalue weighted by Crippen LogP contribution is -2.36. The highest BCUT2D eigenvalue weighted by Gasteiger charge is 2.32. The van der Waals surface area contributed by atoms with Gasteiger partial charge in [-0.3, -0.25) is 4.90 Å². The summed E-state index contributed by atoms with van der Waals surface area (Å²) in [5.74, 6) is 2.10. The van der Waals surface area contributed by atoms with E-state index in [-0.39, 0.29) is 0 Å². The number of hydrogen-bond donors (Lipinski definition) is 0. The van der Waals surface area contributed by atoms with Crippen molar-refractivity contribution in [3.63, 3.8) is 0 Å². The average molecular weight is 315 g/mol. The minimum Gasteiger partial charge on any atom is -0.328 e. The largest absolute Gasteiger partial charge is 0.328 e. The molecule has 0 aromatic carbocycles. The van der Waals surface area contributed by atoms with Crippen LogP contribution in [0, 0.1) is 13.8 Å². The molecule has 1 unspecified atom stereocenters. The van der Waals surface area contributed by atoms with E-state index in [9.17, 15) is 0 Å². The fraction of sp³-hybridized carbons (Fsp3) is 0.611. The predicted octanol–water partition coefficient (Wildman–Crippen LogP) is 4.28. The Labute approximate surface area is 137 Å². The summed E-state index contributed by atoms with van der Waals surface area (Å²) in [7, 11) is 0. The first-order valence-corrected chi connectivity index (χ1v) is 9.39. The van der Waals surface area contributed by atoms with Crippen molar-refractivity contribution in [2.75, 3.05) is 13.1 Å². The molecular weight excluding hydrogens is 290 g/mol. The second-order valence-electron chi connectivity index (χ2n) is 6.96. The maximum atomic E-state index is 4.71. The van der Waals surface area contributed by atoms with Crippen LogP contribution in [0.4, 0.5) is 0 Å². The van der Waals surface area contributed by atoms with Gasteiger partial charge in [-0.1, -0.05) is 0 Å². The average Bonchev–Trinajstić information content (AvgIpc) is 3.18. The molecule has 3 heterocycles. The summed E-state index contributed by atoms with van der Waals surface area (Å²) in [6.45, 7) is 7.99. The summed E-state index contributed by atoms with van der Waals surface area (Å²) >= 11 is 1.90. The van der Waals surface area contributed by atoms with Crippen LogP contribution in [0.2, 0.25) is 0 Å². The van der Waals surface area contributed by atoms with Crippen molar-refractivity contribution in [2.24, 2.45) is 0 Å². The number of nitrogens with zero attached hydrogens (tertiary/aromatic N) is 3. The highest BCUT2D eigenvalue weighted by atomic mass is 32.1. The lowest BCUT2D eigenvalue weighted by Gasteiger charge is -2.34. The van der Waals surface area contributed by atoms with Gasteiger partial charge in [0, 0.05) is 41.8 Å². The van der Waals surface area contributed by atoms with Gasteiger partial charge in [0.1, 0.15) is 5.82 Å². The van der Waals surface area contributed by atoms with Crippen molar-refractivity contribution in [1.29, 1.82) is 0 Å². The van der Waals surface area contributed by atoms with Crippen LogP contribution >= 0.6 is 11.3 Å². The van der Waals surface area contributed by atoms with Gasteiger partial charge in [-0.15, -0.1) is 11.3 Å². The zero-order valence-corrected chi connectivity index (χ0v) is 14.4. The number of hydrogen-bond acceptors (Lipinski definition) is 3. The normalized spacial score (nSPS) is 23.1. The van der Waals surface area contributed by atoms with E-state index in [0.717, 1.165) is 12.5 Å². The van der Waals surface area contributed by atoms with Crippen LogP contribution in [0.15, 0.2) is 17.6 Å². The minimum atomic E-state index is 0.618. The quantitative estimate of drug-likeness (QED) is 0.840. The first-order chi connectivity index (χ1) is 10.7. The molecular formula is C18H25N3S. The second-order valence-corrected chi connectivity index (χ2v) is 7.96. The van der Waals surface area contributed by atoms with E-state index in [2.05, 4.69) is 41.0 Å². The maximum Gasteiger partial charge on any atom is 0.112 e. The molecule has 4 rings (SSSR count). The molecule has 0 amide bonds. The molecule has 1 saturated heterocycles. The molecule has 22 heavy (non-hydrogen) atoms. The topological polar surface area (TPSA) is 21.1 Å². The third-order valence-corrected chi connectivity index (χ3v) is 6.14. The smallest absolute Gasteiger partial charge is 0.112 e. The van der Waals surface area contributed by atoms with Gasteiger partial charge in [0.2, 0.25) is 0 Å². The van der Waals surface area contributed by atoms with E-state index in [4.69, 9.17) is 4.98 Å². The van der Waals surface area contributed by atoms with E-state index in [1.54, 1.807) is 0 Å². The Kier molecular flexibility index (Phi) is 3.82. The number of imidazole rings is 1. The number of aryl methyl sites for hydroxylation is 2. The van der Waals surface area contributed by atoms with E-state index in [1.165, 1.54) is 60.7 Å². The van der Waals surface area contributed by atoms with Gasteiger partial charge in [0.15, 0.2) is 0 Å². The Morgan fingerprint density at radius 1 is 1.27 bits per heavy atom. The molecule has 1 aliphatic heterocycles. The predicted molar refractivity (Wildman–Crippen MR) is 91.5 cm³/mol. The van der Waals surface area contributed by atoms with Crippen LogP contribution in [0.25, 0.3) is 0 Å². The van der Waals surface area contributed by atoms with Gasteiger partial charge >= 0.3 is 0 Å². The lowest BCUT2D eigenvalue weighted by atomic mass is 10.0. The third kappa shape index (κ3) is 2.74. The van der Waals surface area contributed by atoms with Crippen LogP contribution in [0.1, 0.15) is 59.6 Å². The molecule has 0 bridgehead atoms. The summed E-state index contributed by atoms with van der Waals surface area (Å²) < 4.78 is 2.56. The molecule has 0 radical (unpaired) electrons. The molecule has 3 nitrogen and oxygen atoms in total. The minimum absolute atomic E-state index is 0.618. The first kappa shape index (κ1) is 14.5. The number of aromatic nitrogens is 2. The fourth-order valence-electron chi connectivity index (χ4n) is 3.74. The molecule has 2 aromatic rings. The fourth-order valence-corrected chi connectivity index (χ4v) is 4.69. The monoisotopic (exact) mass is 315 g/mol. The van der Waals surface area contributed by atoms with Crippen LogP contribution in [0.5, 0.6) is 0 Å². The molecule has 0 spiro atoms. The molecule has 1 saturated carbocycles. The van der Waals surface area contributed by atoms with Gasteiger partial charge in [0.25, 0.3) is 0 Å². The first-order valence-electron chi connectivity index (χ1n) is 8.51. The van der Waals surface area contributed by atoms with Crippen molar-refractivity contribution in [1.82, 2.24) is 14.5 Å². The Morgan fingerprint density at radius 2 is 2.14 bits per heavy atom. The van der Waals surface area contributed by atoms with Crippen molar-refractivity contribution in [3.8, 4) is 0 Å². The van der Waals surface area contributed by atoms with Crippen molar-refractivity contribution in [3.05, 3.63) is 39.6 Å². The lowest BCUT2D eigenvalue weighted by molar-refractivity contribution is 0.168. The second kappa shape index (κ2) is 5.82. The zero-order valence-electron chi connectivity index (χ0n) is 13.6. The van der Waals surface area contributed by atoms with Crippen LogP contribution in [-0.2, 0) is 6.54 Å². The summed E-state index contributed by atoms with van der Waals surface area (Å²) in [4.78, 5) is 8.89. The summed E-state index contributed by atoms with van der Waals surface area (Å²) in [5, 5.41) is 2.22. The van der Waals surface area contributed by atoms with Gasteiger partial charge in [0.05, 0.1) is 0 Å². The number of likely N-dealkylation sites (tertiary alicyclic amines) is 1. The summed E-state index contributed by atoms with van der Waals surface area (Å²) in [6.07, 6.45) is 7.35. The highest BCUT2D eigenvalue weighted by Crippen LogP contribution is 2.41. The van der Waals surface area contributed by atoms with Gasteiger partial charge in [-0.25, -0.2) is 4.98 Å². The van der Waals surface area contributed by atoms with E-state index < -0.39 is 0 Å². The summed E-state index contributed by atoms with van der Waals surface area (Å²) in [6, 6.07) is 2.86. The van der Waals surface area contributed by atoms with Gasteiger partial charge in [-0.2, -0.15) is 0 Å². The number of rotatable bonds is 4. The number of piperidine rings is 1. The maximum absolute atomic E-state index is 4.71. The van der Waals surface area contributed by atoms with Crippen molar-refractivity contribution >= 4 is 11.3 Å². The zero-order chi connectivity index (χ0) is 15.1. The standard InChI is InChI=1S/C18H25N3S/c1-13-7-9-22-17(13)12-20-8-3-4-16(11-20)21-14(2)10-19-18(21)15-5-6-15/h7,9-10,15-16H,3-6,8,11-12H2,1-2H3. The van der Waals surface area contributed by atoms with Crippen LogP contribution < -0.4 is 0 Å². The Hall–Kier alpha value is -1.13. The van der Waals surface area contributed by atoms with E-state index >= 15 is 0 Å². The van der Waals surface area contributed by atoms with Crippen LogP contribution in [0.3, 0.4) is 0 Å². The third-order valence-electron chi connectivity index (χ3n) is 5.13. The molecule has 2 fully saturated rings. The number of thiophene rings is 1. The van der Waals surface area contributed by atoms with Crippen molar-refractivity contribution in [2.45, 2.75) is 58.0 Å². The SMILES string of the molecule is Cc1ccsc1CN1CCCC(n2c(C)cnc2C2CC2)C1. The highest BCUT2D eigenvalue weighted by molar-refractivity contribution is 7.10. The molecule has 4 heteroatoms. The molecule has 2 aromatic heterocycles. The molecule has 118 valence electrons. The van der Waals surface area contributed by atoms with E-state index in [1.807, 2.05) is 11.3 Å². The molecule has 0 N–H and O–H groups in total. The summed E-state index contributed by atoms with van der Waals surface area (Å²) in [5.41, 5.74) is 2.80. The molecule has 1 atom stereocenters. The Bertz CT molecular complexity index is 653. The van der Waals surface area contributed by atoms with Crippen molar-refractivity contribution < 1.29 is 0 Å². The van der Waals surface area contributed by atoms with Gasteiger partial charge < -0.3 is 4.57 Å². The van der Waals surface area contributed by atoms with Gasteiger partial charge in [-0.05, 0) is 63.1 Å². The molecule has 2 aliphatic rings.